The minimum atomic E-state index is -2.49. The second-order valence-corrected chi connectivity index (χ2v) is 4.72. The highest BCUT2D eigenvalue weighted by Gasteiger charge is 2.25. The van der Waals surface area contributed by atoms with E-state index in [1.165, 1.54) is 18.2 Å². The number of hydrogen-bond donors (Lipinski definition) is 1. The summed E-state index contributed by atoms with van der Waals surface area (Å²) in [6.07, 6.45) is -0.376. The van der Waals surface area contributed by atoms with Crippen molar-refractivity contribution in [2.24, 2.45) is 0 Å². The lowest BCUT2D eigenvalue weighted by molar-refractivity contribution is 0.151. The van der Waals surface area contributed by atoms with Gasteiger partial charge >= 0.3 is 0 Å². The number of alkyl halides is 2. The number of H-pyrrole nitrogens is 1. The Bertz CT molecular complexity index is 645. The zero-order chi connectivity index (χ0) is 13.4. The van der Waals surface area contributed by atoms with Gasteiger partial charge in [-0.25, -0.2) is 13.8 Å². The summed E-state index contributed by atoms with van der Waals surface area (Å²) < 4.78 is 24.9. The first-order chi connectivity index (χ1) is 9.13. The minimum absolute atomic E-state index is 0.0376. The molecule has 1 fully saturated rings. The summed E-state index contributed by atoms with van der Waals surface area (Å²) in [6.45, 7) is 0. The van der Waals surface area contributed by atoms with Crippen LogP contribution < -0.4 is 5.56 Å². The molecule has 1 aromatic heterocycles. The summed E-state index contributed by atoms with van der Waals surface area (Å²) >= 11 is 0. The van der Waals surface area contributed by atoms with Gasteiger partial charge < -0.3 is 4.98 Å². The van der Waals surface area contributed by atoms with Gasteiger partial charge in [-0.15, -0.1) is 0 Å². The molecule has 3 nitrogen and oxygen atoms in total. The minimum Gasteiger partial charge on any atom is -0.307 e. The number of rotatable bonds is 3. The fourth-order valence-electron chi connectivity index (χ4n) is 1.99. The highest BCUT2D eigenvalue weighted by Crippen LogP contribution is 2.38. The Balaban J connectivity index is 1.98. The van der Waals surface area contributed by atoms with Crippen LogP contribution >= 0.6 is 0 Å². The predicted octanol–water partition coefficient (Wildman–Crippen LogP) is 3.25. The van der Waals surface area contributed by atoms with Gasteiger partial charge in [0.1, 0.15) is 5.82 Å². The van der Waals surface area contributed by atoms with Gasteiger partial charge in [0.25, 0.3) is 12.0 Å². The average molecular weight is 262 g/mol. The fraction of sp³-hybridized carbons (Fsp3) is 0.286. The van der Waals surface area contributed by atoms with E-state index >= 15 is 0 Å². The summed E-state index contributed by atoms with van der Waals surface area (Å²) in [5, 5.41) is 0. The van der Waals surface area contributed by atoms with Crippen LogP contribution in [0.15, 0.2) is 35.1 Å². The first-order valence-corrected chi connectivity index (χ1v) is 6.13. The van der Waals surface area contributed by atoms with Crippen LogP contribution in [0.4, 0.5) is 8.78 Å². The summed E-state index contributed by atoms with van der Waals surface area (Å²) in [7, 11) is 0. The van der Waals surface area contributed by atoms with Crippen molar-refractivity contribution in [2.75, 3.05) is 0 Å². The van der Waals surface area contributed by atoms with E-state index in [-0.39, 0.29) is 11.1 Å². The number of nitrogens with zero attached hydrogens (tertiary/aromatic N) is 1. The molecule has 3 rings (SSSR count). The van der Waals surface area contributed by atoms with Crippen molar-refractivity contribution < 1.29 is 8.78 Å². The molecule has 0 aliphatic heterocycles. The van der Waals surface area contributed by atoms with Gasteiger partial charge in [0.2, 0.25) is 0 Å². The molecule has 19 heavy (non-hydrogen) atoms. The van der Waals surface area contributed by atoms with Gasteiger partial charge in [-0.2, -0.15) is 0 Å². The quantitative estimate of drug-likeness (QED) is 0.922. The third-order valence-electron chi connectivity index (χ3n) is 3.19. The maximum atomic E-state index is 12.5. The zero-order valence-corrected chi connectivity index (χ0v) is 10.1. The average Bonchev–Trinajstić information content (AvgIpc) is 3.22. The Hall–Kier alpha value is -2.04. The molecule has 1 aliphatic carbocycles. The molecule has 5 heteroatoms. The van der Waals surface area contributed by atoms with E-state index in [1.54, 1.807) is 12.1 Å². The van der Waals surface area contributed by atoms with E-state index in [4.69, 9.17) is 0 Å². The number of benzene rings is 1. The van der Waals surface area contributed by atoms with Gasteiger partial charge in [0.15, 0.2) is 0 Å². The van der Waals surface area contributed by atoms with Crippen molar-refractivity contribution in [1.29, 1.82) is 0 Å². The Labute approximate surface area is 108 Å². The van der Waals surface area contributed by atoms with Gasteiger partial charge in [-0.3, -0.25) is 4.79 Å². The number of aromatic nitrogens is 2. The summed E-state index contributed by atoms with van der Waals surface area (Å²) in [5.74, 6) is 0.816. The lowest BCUT2D eigenvalue weighted by Crippen LogP contribution is -2.09. The Morgan fingerprint density at radius 3 is 2.47 bits per heavy atom. The number of hydrogen-bond acceptors (Lipinski definition) is 2. The molecular formula is C14H12F2N2O. The molecule has 2 aromatic rings. The summed E-state index contributed by atoms with van der Waals surface area (Å²) in [5.41, 5.74) is 1.19. The molecule has 1 heterocycles. The van der Waals surface area contributed by atoms with E-state index < -0.39 is 6.43 Å². The Morgan fingerprint density at radius 2 is 1.89 bits per heavy atom. The van der Waals surface area contributed by atoms with E-state index in [1.807, 2.05) is 0 Å². The molecule has 0 bridgehead atoms. The van der Waals surface area contributed by atoms with Crippen molar-refractivity contribution in [1.82, 2.24) is 9.97 Å². The van der Waals surface area contributed by atoms with Crippen LogP contribution in [-0.2, 0) is 0 Å². The van der Waals surface area contributed by atoms with Gasteiger partial charge in [-0.1, -0.05) is 24.3 Å². The van der Waals surface area contributed by atoms with Crippen LogP contribution in [0.3, 0.4) is 0 Å². The molecule has 0 unspecified atom stereocenters. The predicted molar refractivity (Wildman–Crippen MR) is 67.2 cm³/mol. The molecule has 98 valence electrons. The lowest BCUT2D eigenvalue weighted by Gasteiger charge is -2.05. The number of halogens is 2. The lowest BCUT2D eigenvalue weighted by atomic mass is 10.1. The van der Waals surface area contributed by atoms with Gasteiger partial charge in [0, 0.05) is 23.1 Å². The topological polar surface area (TPSA) is 45.8 Å². The fourth-order valence-corrected chi connectivity index (χ4v) is 1.99. The molecule has 0 spiro atoms. The monoisotopic (exact) mass is 262 g/mol. The molecule has 1 N–H and O–H groups in total. The highest BCUT2D eigenvalue weighted by atomic mass is 19.3. The number of aromatic amines is 1. The van der Waals surface area contributed by atoms with Crippen LogP contribution in [0.5, 0.6) is 0 Å². The normalized spacial score (nSPS) is 14.9. The third-order valence-corrected chi connectivity index (χ3v) is 3.19. The molecule has 0 saturated heterocycles. The summed E-state index contributed by atoms with van der Waals surface area (Å²) in [4.78, 5) is 18.6. The summed E-state index contributed by atoms with van der Waals surface area (Å²) in [6, 6.07) is 7.31. The molecule has 0 radical (unpaired) electrons. The third kappa shape index (κ3) is 2.54. The molecule has 1 saturated carbocycles. The second kappa shape index (κ2) is 4.57. The molecular weight excluding hydrogens is 250 g/mol. The molecule has 1 aromatic carbocycles. The van der Waals surface area contributed by atoms with Crippen molar-refractivity contribution in [3.63, 3.8) is 0 Å². The molecule has 0 amide bonds. The number of nitrogens with one attached hydrogen (secondary N) is 1. The van der Waals surface area contributed by atoms with E-state index in [0.717, 1.165) is 18.5 Å². The van der Waals surface area contributed by atoms with Crippen LogP contribution in [0.25, 0.3) is 11.4 Å². The first-order valence-electron chi connectivity index (χ1n) is 6.13. The smallest absolute Gasteiger partial charge is 0.263 e. The Morgan fingerprint density at radius 1 is 1.21 bits per heavy atom. The van der Waals surface area contributed by atoms with Gasteiger partial charge in [-0.05, 0) is 12.8 Å². The molecule has 1 aliphatic rings. The zero-order valence-electron chi connectivity index (χ0n) is 10.1. The standard InChI is InChI=1S/C14H12F2N2O/c15-13(16)9-3-5-10(6-4-9)14-17-11(8-1-2-8)7-12(19)18-14/h3-8,13H,1-2H2,(H,17,18,19). The molecule has 0 atom stereocenters. The maximum absolute atomic E-state index is 12.5. The van der Waals surface area contributed by atoms with E-state index in [2.05, 4.69) is 9.97 Å². The van der Waals surface area contributed by atoms with E-state index in [9.17, 15) is 13.6 Å². The Kier molecular flexibility index (Phi) is 2.89. The maximum Gasteiger partial charge on any atom is 0.263 e. The van der Waals surface area contributed by atoms with Crippen molar-refractivity contribution in [3.8, 4) is 11.4 Å². The van der Waals surface area contributed by atoms with E-state index in [0.29, 0.717) is 17.3 Å². The van der Waals surface area contributed by atoms with Crippen LogP contribution in [0.1, 0.15) is 36.4 Å². The van der Waals surface area contributed by atoms with Crippen LogP contribution in [0, 0.1) is 0 Å². The first kappa shape index (κ1) is 12.0. The van der Waals surface area contributed by atoms with Gasteiger partial charge in [0.05, 0.1) is 5.69 Å². The van der Waals surface area contributed by atoms with Crippen molar-refractivity contribution in [3.05, 3.63) is 51.9 Å². The second-order valence-electron chi connectivity index (χ2n) is 4.72. The van der Waals surface area contributed by atoms with Crippen LogP contribution in [0.2, 0.25) is 0 Å². The SMILES string of the molecule is O=c1cc(C2CC2)nc(-c2ccc(C(F)F)cc2)[nH]1. The van der Waals surface area contributed by atoms with Crippen LogP contribution in [-0.4, -0.2) is 9.97 Å². The largest absolute Gasteiger partial charge is 0.307 e. The van der Waals surface area contributed by atoms with Crippen molar-refractivity contribution >= 4 is 0 Å². The van der Waals surface area contributed by atoms with Crippen molar-refractivity contribution in [2.45, 2.75) is 25.2 Å². The highest BCUT2D eigenvalue weighted by molar-refractivity contribution is 5.55.